The standard InChI is InChI=1S/C32H40BrN3O4S/c1-23(2)34-31(38)29(20-24-11-8-7-9-12-24)35(21-25-13-10-14-27(33)19-25)30(37)22-36(41(6,39)40)28-17-15-26(16-18-28)32(3,4)5/h7-19,23,29H,20-22H2,1-6H3,(H,34,38)/t29-/m1/s1. The topological polar surface area (TPSA) is 86.8 Å². The zero-order valence-corrected chi connectivity index (χ0v) is 27.0. The van der Waals surface area contributed by atoms with Gasteiger partial charge in [-0.1, -0.05) is 91.3 Å². The van der Waals surface area contributed by atoms with Crippen molar-refractivity contribution in [1.82, 2.24) is 10.2 Å². The zero-order valence-electron chi connectivity index (χ0n) is 24.6. The Kier molecular flexibility index (Phi) is 10.8. The lowest BCUT2D eigenvalue weighted by Crippen LogP contribution is -2.54. The Labute approximate surface area is 253 Å². The molecule has 0 unspecified atom stereocenters. The van der Waals surface area contributed by atoms with Crippen LogP contribution in [0.3, 0.4) is 0 Å². The molecule has 3 rings (SSSR count). The number of hydrogen-bond acceptors (Lipinski definition) is 4. The molecule has 41 heavy (non-hydrogen) atoms. The number of amides is 2. The molecule has 0 aliphatic carbocycles. The summed E-state index contributed by atoms with van der Waals surface area (Å²) in [7, 11) is -3.82. The molecule has 0 fully saturated rings. The van der Waals surface area contributed by atoms with Crippen LogP contribution in [0.2, 0.25) is 0 Å². The van der Waals surface area contributed by atoms with Crippen molar-refractivity contribution >= 4 is 43.5 Å². The summed E-state index contributed by atoms with van der Waals surface area (Å²) < 4.78 is 27.9. The van der Waals surface area contributed by atoms with Gasteiger partial charge in [-0.05, 0) is 60.2 Å². The van der Waals surface area contributed by atoms with Crippen molar-refractivity contribution in [2.24, 2.45) is 0 Å². The van der Waals surface area contributed by atoms with Crippen LogP contribution in [0, 0.1) is 0 Å². The first kappa shape index (κ1) is 32.3. The number of rotatable bonds is 11. The van der Waals surface area contributed by atoms with Gasteiger partial charge in [-0.2, -0.15) is 0 Å². The minimum absolute atomic E-state index is 0.112. The maximum atomic E-state index is 14.1. The first-order chi connectivity index (χ1) is 19.1. The van der Waals surface area contributed by atoms with Gasteiger partial charge in [0, 0.05) is 23.5 Å². The highest BCUT2D eigenvalue weighted by Gasteiger charge is 2.33. The quantitative estimate of drug-likeness (QED) is 0.292. The number of anilines is 1. The molecule has 0 bridgehead atoms. The summed E-state index contributed by atoms with van der Waals surface area (Å²) in [5, 5.41) is 2.96. The molecule has 0 aliphatic rings. The van der Waals surface area contributed by atoms with Crippen molar-refractivity contribution in [3.8, 4) is 0 Å². The third-order valence-electron chi connectivity index (χ3n) is 6.64. The van der Waals surface area contributed by atoms with Crippen molar-refractivity contribution in [1.29, 1.82) is 0 Å². The highest BCUT2D eigenvalue weighted by atomic mass is 79.9. The van der Waals surface area contributed by atoms with Gasteiger partial charge in [-0.25, -0.2) is 8.42 Å². The predicted octanol–water partition coefficient (Wildman–Crippen LogP) is 5.68. The third kappa shape index (κ3) is 9.43. The summed E-state index contributed by atoms with van der Waals surface area (Å²) in [6.45, 7) is 9.65. The number of carbonyl (C=O) groups excluding carboxylic acids is 2. The van der Waals surface area contributed by atoms with Crippen molar-refractivity contribution < 1.29 is 18.0 Å². The zero-order chi connectivity index (χ0) is 30.4. The van der Waals surface area contributed by atoms with E-state index in [1.54, 1.807) is 12.1 Å². The molecule has 0 aromatic heterocycles. The molecule has 2 amide bonds. The average molecular weight is 643 g/mol. The number of nitrogens with zero attached hydrogens (tertiary/aromatic N) is 2. The van der Waals surface area contributed by atoms with E-state index in [1.165, 1.54) is 4.90 Å². The van der Waals surface area contributed by atoms with Crippen LogP contribution in [0.25, 0.3) is 0 Å². The van der Waals surface area contributed by atoms with E-state index >= 15 is 0 Å². The summed E-state index contributed by atoms with van der Waals surface area (Å²) in [5.41, 5.74) is 3.03. The Hall–Kier alpha value is -3.17. The SMILES string of the molecule is CC(C)NC(=O)[C@@H](Cc1ccccc1)N(Cc1cccc(Br)c1)C(=O)CN(c1ccc(C(C)(C)C)cc1)S(C)(=O)=O. The van der Waals surface area contributed by atoms with Gasteiger partial charge in [0.2, 0.25) is 21.8 Å². The van der Waals surface area contributed by atoms with Crippen molar-refractivity contribution in [3.05, 3.63) is 100 Å². The minimum Gasteiger partial charge on any atom is -0.352 e. The Morgan fingerprint density at radius 3 is 2.05 bits per heavy atom. The third-order valence-corrected chi connectivity index (χ3v) is 8.28. The normalized spacial score (nSPS) is 12.6. The molecule has 3 aromatic carbocycles. The molecule has 3 aromatic rings. The smallest absolute Gasteiger partial charge is 0.244 e. The molecule has 1 N–H and O–H groups in total. The molecule has 0 spiro atoms. The van der Waals surface area contributed by atoms with Gasteiger partial charge in [0.25, 0.3) is 0 Å². The Bertz CT molecular complexity index is 1440. The van der Waals surface area contributed by atoms with Gasteiger partial charge < -0.3 is 10.2 Å². The molecule has 0 saturated carbocycles. The highest BCUT2D eigenvalue weighted by Crippen LogP contribution is 2.26. The molecule has 0 heterocycles. The van der Waals surface area contributed by atoms with Gasteiger partial charge in [0.15, 0.2) is 0 Å². The number of hydrogen-bond donors (Lipinski definition) is 1. The first-order valence-electron chi connectivity index (χ1n) is 13.6. The van der Waals surface area contributed by atoms with E-state index in [0.29, 0.717) is 5.69 Å². The Morgan fingerprint density at radius 1 is 0.902 bits per heavy atom. The number of nitrogens with one attached hydrogen (secondary N) is 1. The van der Waals surface area contributed by atoms with Gasteiger partial charge in [-0.3, -0.25) is 13.9 Å². The second-order valence-electron chi connectivity index (χ2n) is 11.6. The van der Waals surface area contributed by atoms with E-state index in [0.717, 1.165) is 31.7 Å². The molecule has 9 heteroatoms. The fourth-order valence-corrected chi connectivity index (χ4v) is 5.80. The summed E-state index contributed by atoms with van der Waals surface area (Å²) >= 11 is 3.49. The van der Waals surface area contributed by atoms with Crippen molar-refractivity contribution in [2.45, 2.75) is 65.1 Å². The van der Waals surface area contributed by atoms with Crippen LogP contribution in [0.5, 0.6) is 0 Å². The Morgan fingerprint density at radius 2 is 1.51 bits per heavy atom. The van der Waals surface area contributed by atoms with Crippen LogP contribution in [0.4, 0.5) is 5.69 Å². The lowest BCUT2D eigenvalue weighted by molar-refractivity contribution is -0.140. The summed E-state index contributed by atoms with van der Waals surface area (Å²) in [5.74, 6) is -0.775. The largest absolute Gasteiger partial charge is 0.352 e. The second-order valence-corrected chi connectivity index (χ2v) is 14.4. The molecular weight excluding hydrogens is 602 g/mol. The number of benzene rings is 3. The second kappa shape index (κ2) is 13.7. The molecule has 220 valence electrons. The molecule has 0 radical (unpaired) electrons. The van der Waals surface area contributed by atoms with Crippen LogP contribution < -0.4 is 9.62 Å². The lowest BCUT2D eigenvalue weighted by Gasteiger charge is -2.34. The van der Waals surface area contributed by atoms with Crippen LogP contribution in [0.15, 0.2) is 83.3 Å². The summed E-state index contributed by atoms with van der Waals surface area (Å²) in [6.07, 6.45) is 1.36. The molecule has 0 saturated heterocycles. The van der Waals surface area contributed by atoms with Gasteiger partial charge in [0.05, 0.1) is 11.9 Å². The van der Waals surface area contributed by atoms with Crippen molar-refractivity contribution in [3.63, 3.8) is 0 Å². The van der Waals surface area contributed by atoms with Crippen LogP contribution in [0.1, 0.15) is 51.3 Å². The molecular formula is C32H40BrN3O4S. The maximum absolute atomic E-state index is 14.1. The fraction of sp³-hybridized carbons (Fsp3) is 0.375. The van der Waals surface area contributed by atoms with Gasteiger partial charge >= 0.3 is 0 Å². The number of carbonyl (C=O) groups is 2. The predicted molar refractivity (Wildman–Crippen MR) is 169 cm³/mol. The van der Waals surface area contributed by atoms with Gasteiger partial charge in [0.1, 0.15) is 12.6 Å². The number of sulfonamides is 1. The van der Waals surface area contributed by atoms with Gasteiger partial charge in [-0.15, -0.1) is 0 Å². The minimum atomic E-state index is -3.82. The van der Waals surface area contributed by atoms with Crippen LogP contribution in [-0.4, -0.2) is 50.0 Å². The van der Waals surface area contributed by atoms with Crippen molar-refractivity contribution in [2.75, 3.05) is 17.1 Å². The summed E-state index contributed by atoms with van der Waals surface area (Å²) in [6, 6.07) is 23.2. The fourth-order valence-electron chi connectivity index (χ4n) is 4.51. The highest BCUT2D eigenvalue weighted by molar-refractivity contribution is 9.10. The van der Waals surface area contributed by atoms with E-state index in [4.69, 9.17) is 0 Å². The van der Waals surface area contributed by atoms with E-state index in [2.05, 4.69) is 42.0 Å². The monoisotopic (exact) mass is 641 g/mol. The lowest BCUT2D eigenvalue weighted by atomic mass is 9.87. The van der Waals surface area contributed by atoms with E-state index in [9.17, 15) is 18.0 Å². The average Bonchev–Trinajstić information content (AvgIpc) is 2.88. The first-order valence-corrected chi connectivity index (χ1v) is 16.3. The Balaban J connectivity index is 2.05. The van der Waals surface area contributed by atoms with E-state index in [1.807, 2.05) is 80.6 Å². The summed E-state index contributed by atoms with van der Waals surface area (Å²) in [4.78, 5) is 29.2. The van der Waals surface area contributed by atoms with Crippen LogP contribution >= 0.6 is 15.9 Å². The maximum Gasteiger partial charge on any atom is 0.244 e. The molecule has 1 atom stereocenters. The van der Waals surface area contributed by atoms with Crippen LogP contribution in [-0.2, 0) is 38.0 Å². The number of halogens is 1. The molecule has 7 nitrogen and oxygen atoms in total. The molecule has 0 aliphatic heterocycles. The van der Waals surface area contributed by atoms with E-state index in [-0.39, 0.29) is 30.3 Å². The van der Waals surface area contributed by atoms with E-state index < -0.39 is 28.5 Å².